The number of carbonyl (C=O) groups is 1. The molecule has 0 aromatic carbocycles. The van der Waals surface area contributed by atoms with Crippen LogP contribution < -0.4 is 5.73 Å². The maximum absolute atomic E-state index is 11.0. The van der Waals surface area contributed by atoms with Crippen molar-refractivity contribution in [1.82, 2.24) is 0 Å². The third-order valence-electron chi connectivity index (χ3n) is 3.11. The number of carboxylic acid groups (broad SMARTS) is 1. The molecular weight excluding hydrogens is 204 g/mol. The molecule has 0 aromatic rings. The van der Waals surface area contributed by atoms with E-state index in [0.29, 0.717) is 5.84 Å². The van der Waals surface area contributed by atoms with E-state index in [2.05, 4.69) is 4.99 Å². The van der Waals surface area contributed by atoms with Crippen LogP contribution in [0.2, 0.25) is 0 Å². The molecule has 0 spiro atoms. The van der Waals surface area contributed by atoms with Crippen LogP contribution in [0.3, 0.4) is 0 Å². The summed E-state index contributed by atoms with van der Waals surface area (Å²) in [4.78, 5) is 15.4. The predicted molar refractivity (Wildman–Crippen MR) is 64.3 cm³/mol. The van der Waals surface area contributed by atoms with Crippen molar-refractivity contribution in [2.24, 2.45) is 16.6 Å². The van der Waals surface area contributed by atoms with Gasteiger partial charge >= 0.3 is 5.97 Å². The third-order valence-corrected chi connectivity index (χ3v) is 3.11. The van der Waals surface area contributed by atoms with Gasteiger partial charge in [0.25, 0.3) is 0 Å². The van der Waals surface area contributed by atoms with E-state index in [1.807, 2.05) is 20.8 Å². The number of aliphatic imine (C=N–C) groups is 1. The number of hydrogen-bond acceptors (Lipinski definition) is 3. The quantitative estimate of drug-likeness (QED) is 0.763. The zero-order chi connectivity index (χ0) is 12.3. The molecule has 4 nitrogen and oxygen atoms in total. The molecule has 0 bridgehead atoms. The lowest BCUT2D eigenvalue weighted by Crippen LogP contribution is -2.31. The van der Waals surface area contributed by atoms with E-state index in [0.717, 1.165) is 6.42 Å². The minimum Gasteiger partial charge on any atom is -0.478 e. The first-order chi connectivity index (χ1) is 7.39. The molecule has 0 fully saturated rings. The highest BCUT2D eigenvalue weighted by atomic mass is 16.4. The van der Waals surface area contributed by atoms with E-state index in [1.54, 1.807) is 6.08 Å². The first kappa shape index (κ1) is 12.5. The van der Waals surface area contributed by atoms with Crippen LogP contribution in [-0.4, -0.2) is 22.5 Å². The summed E-state index contributed by atoms with van der Waals surface area (Å²) in [7, 11) is 0. The summed E-state index contributed by atoms with van der Waals surface area (Å²) in [6.45, 7) is 6.00. The molecule has 0 saturated heterocycles. The molecule has 4 heteroatoms. The van der Waals surface area contributed by atoms with E-state index in [-0.39, 0.29) is 11.5 Å². The Morgan fingerprint density at radius 2 is 2.25 bits per heavy atom. The molecule has 2 unspecified atom stereocenters. The molecule has 3 N–H and O–H groups in total. The maximum Gasteiger partial charge on any atom is 0.335 e. The minimum absolute atomic E-state index is 0.236. The average molecular weight is 222 g/mol. The van der Waals surface area contributed by atoms with Gasteiger partial charge in [0.2, 0.25) is 0 Å². The first-order valence-electron chi connectivity index (χ1n) is 5.38. The second-order valence-corrected chi connectivity index (χ2v) is 4.31. The summed E-state index contributed by atoms with van der Waals surface area (Å²) in [5.74, 6) is -0.341. The fraction of sp³-hybridized carbons (Fsp3) is 0.500. The van der Waals surface area contributed by atoms with Gasteiger partial charge in [0.1, 0.15) is 5.84 Å². The molecule has 0 saturated carbocycles. The van der Waals surface area contributed by atoms with Crippen molar-refractivity contribution in [3.63, 3.8) is 0 Å². The second kappa shape index (κ2) is 4.51. The Hall–Kier alpha value is -1.58. The third kappa shape index (κ3) is 2.51. The fourth-order valence-corrected chi connectivity index (χ4v) is 1.68. The first-order valence-corrected chi connectivity index (χ1v) is 5.38. The number of rotatable bonds is 3. The number of carboxylic acids is 1. The Labute approximate surface area is 95.6 Å². The van der Waals surface area contributed by atoms with Gasteiger partial charge in [0.15, 0.2) is 0 Å². The van der Waals surface area contributed by atoms with E-state index in [9.17, 15) is 4.79 Å². The van der Waals surface area contributed by atoms with Gasteiger partial charge in [-0.05, 0) is 31.1 Å². The van der Waals surface area contributed by atoms with Gasteiger partial charge in [0, 0.05) is 0 Å². The largest absolute Gasteiger partial charge is 0.478 e. The maximum atomic E-state index is 11.0. The van der Waals surface area contributed by atoms with Crippen LogP contribution in [0, 0.1) is 5.92 Å². The highest BCUT2D eigenvalue weighted by Gasteiger charge is 2.29. The number of nitrogens with two attached hydrogens (primary N) is 1. The number of amidine groups is 1. The molecule has 88 valence electrons. The molecule has 1 aliphatic heterocycles. The molecule has 1 aliphatic rings. The average Bonchev–Trinajstić information content (AvgIpc) is 2.37. The highest BCUT2D eigenvalue weighted by Crippen LogP contribution is 2.29. The zero-order valence-corrected chi connectivity index (χ0v) is 9.90. The van der Waals surface area contributed by atoms with Gasteiger partial charge in [0.05, 0.1) is 11.1 Å². The summed E-state index contributed by atoms with van der Waals surface area (Å²) in [5.41, 5.74) is 5.40. The lowest BCUT2D eigenvalue weighted by molar-refractivity contribution is -0.132. The Kier molecular flexibility index (Phi) is 3.52. The van der Waals surface area contributed by atoms with Crippen molar-refractivity contribution in [3.8, 4) is 0 Å². The van der Waals surface area contributed by atoms with E-state index < -0.39 is 11.5 Å². The lowest BCUT2D eigenvalue weighted by atomic mass is 9.84. The smallest absolute Gasteiger partial charge is 0.335 e. The number of aliphatic carboxylic acids is 1. The van der Waals surface area contributed by atoms with Crippen molar-refractivity contribution in [3.05, 3.63) is 23.8 Å². The molecule has 0 aliphatic carbocycles. The summed E-state index contributed by atoms with van der Waals surface area (Å²) in [6.07, 6.45) is 5.62. The van der Waals surface area contributed by atoms with Crippen molar-refractivity contribution in [2.75, 3.05) is 0 Å². The lowest BCUT2D eigenvalue weighted by Gasteiger charge is -2.28. The fourth-order valence-electron chi connectivity index (χ4n) is 1.68. The summed E-state index contributed by atoms with van der Waals surface area (Å²) in [5, 5.41) is 9.02. The van der Waals surface area contributed by atoms with Crippen molar-refractivity contribution < 1.29 is 9.90 Å². The van der Waals surface area contributed by atoms with Crippen molar-refractivity contribution in [1.29, 1.82) is 0 Å². The minimum atomic E-state index is -0.948. The van der Waals surface area contributed by atoms with Crippen LogP contribution in [0.5, 0.6) is 0 Å². The second-order valence-electron chi connectivity index (χ2n) is 4.31. The Morgan fingerprint density at radius 1 is 1.62 bits per heavy atom. The monoisotopic (exact) mass is 222 g/mol. The zero-order valence-electron chi connectivity index (χ0n) is 9.90. The van der Waals surface area contributed by atoms with Gasteiger partial charge in [-0.25, -0.2) is 4.79 Å². The van der Waals surface area contributed by atoms with Gasteiger partial charge in [-0.15, -0.1) is 0 Å². The predicted octanol–water partition coefficient (Wildman–Crippen LogP) is 1.73. The molecule has 1 rings (SSSR count). The topological polar surface area (TPSA) is 75.7 Å². The van der Waals surface area contributed by atoms with E-state index in [4.69, 9.17) is 10.8 Å². The molecule has 0 radical (unpaired) electrons. The Balaban J connectivity index is 3.21. The van der Waals surface area contributed by atoms with Crippen LogP contribution in [0.25, 0.3) is 0 Å². The van der Waals surface area contributed by atoms with Gasteiger partial charge in [-0.2, -0.15) is 0 Å². The van der Waals surface area contributed by atoms with Gasteiger partial charge in [-0.3, -0.25) is 4.99 Å². The van der Waals surface area contributed by atoms with Crippen molar-refractivity contribution in [2.45, 2.75) is 32.7 Å². The van der Waals surface area contributed by atoms with Gasteiger partial charge < -0.3 is 10.8 Å². The molecule has 0 aromatic heterocycles. The Bertz CT molecular complexity index is 382. The normalized spacial score (nSPS) is 26.7. The summed E-state index contributed by atoms with van der Waals surface area (Å²) >= 11 is 0. The molecule has 2 atom stereocenters. The Morgan fingerprint density at radius 3 is 2.75 bits per heavy atom. The summed E-state index contributed by atoms with van der Waals surface area (Å²) in [6, 6.07) is 0. The highest BCUT2D eigenvalue weighted by molar-refractivity contribution is 5.97. The number of hydrogen-bond donors (Lipinski definition) is 2. The molecule has 1 heterocycles. The van der Waals surface area contributed by atoms with Crippen LogP contribution >= 0.6 is 0 Å². The SMILES string of the molecule is CCC(C)C1(C)C=C(C(=O)O)C=CC(N)=N1. The van der Waals surface area contributed by atoms with Crippen LogP contribution in [-0.2, 0) is 4.79 Å². The van der Waals surface area contributed by atoms with E-state index in [1.165, 1.54) is 12.2 Å². The van der Waals surface area contributed by atoms with Crippen molar-refractivity contribution >= 4 is 11.8 Å². The standard InChI is InChI=1S/C12H18N2O2/c1-4-8(2)12(3)7-9(11(15)16)5-6-10(13)14-12/h5-8H,4H2,1-3H3,(H2,13,14)(H,15,16). The summed E-state index contributed by atoms with van der Waals surface area (Å²) < 4.78 is 0. The van der Waals surface area contributed by atoms with Gasteiger partial charge in [-0.1, -0.05) is 20.3 Å². The van der Waals surface area contributed by atoms with E-state index >= 15 is 0 Å². The van der Waals surface area contributed by atoms with Crippen LogP contribution in [0.1, 0.15) is 27.2 Å². The van der Waals surface area contributed by atoms with Crippen LogP contribution in [0.15, 0.2) is 28.8 Å². The molecule has 0 amide bonds. The molecular formula is C12H18N2O2. The van der Waals surface area contributed by atoms with Crippen LogP contribution in [0.4, 0.5) is 0 Å². The number of nitrogens with zero attached hydrogens (tertiary/aromatic N) is 1. The molecule has 16 heavy (non-hydrogen) atoms.